The van der Waals surface area contributed by atoms with Crippen molar-refractivity contribution >= 4 is 22.8 Å². The lowest BCUT2D eigenvalue weighted by molar-refractivity contribution is -0.154. The molecule has 0 rings (SSSR count). The van der Waals surface area contributed by atoms with E-state index in [0.29, 0.717) is 6.61 Å². The Balaban J connectivity index is 3.62. The van der Waals surface area contributed by atoms with Crippen molar-refractivity contribution in [3.05, 3.63) is 0 Å². The molecule has 5 heteroatoms. The molecule has 4 nitrogen and oxygen atoms in total. The van der Waals surface area contributed by atoms with Gasteiger partial charge in [0.25, 0.3) is 0 Å². The normalized spacial score (nSPS) is 12.1. The first-order chi connectivity index (χ1) is 10.1. The van der Waals surface area contributed by atoms with Gasteiger partial charge >= 0.3 is 5.97 Å². The fraction of sp³-hybridized carbons (Fsp3) is 0.875. The number of carbonyl (C=O) groups is 2. The van der Waals surface area contributed by atoms with Crippen molar-refractivity contribution in [1.82, 2.24) is 0 Å². The number of ether oxygens (including phenoxy) is 1. The summed E-state index contributed by atoms with van der Waals surface area (Å²) in [5, 5.41) is 9.49. The van der Waals surface area contributed by atoms with Gasteiger partial charge in [0, 0.05) is 5.75 Å². The van der Waals surface area contributed by atoms with Gasteiger partial charge in [-0.2, -0.15) is 0 Å². The first-order valence-electron chi connectivity index (χ1n) is 8.12. The van der Waals surface area contributed by atoms with Crippen LogP contribution in [0.1, 0.15) is 71.6 Å². The predicted molar refractivity (Wildman–Crippen MR) is 87.3 cm³/mol. The standard InChI is InChI=1S/C16H30O4S/c1-3-5-7-9-11-20-16(19)14(17)13-15(18)21-12-10-8-6-4-2/h14,17H,3-13H2,1-2H3. The zero-order valence-electron chi connectivity index (χ0n) is 13.4. The van der Waals surface area contributed by atoms with Gasteiger partial charge in [0.2, 0.25) is 0 Å². The zero-order valence-corrected chi connectivity index (χ0v) is 14.3. The number of thioether (sulfide) groups is 1. The van der Waals surface area contributed by atoms with E-state index in [4.69, 9.17) is 4.74 Å². The Bertz CT molecular complexity index is 281. The molecule has 0 saturated heterocycles. The summed E-state index contributed by atoms with van der Waals surface area (Å²) in [6.07, 6.45) is 7.09. The Morgan fingerprint density at radius 2 is 1.62 bits per heavy atom. The maximum atomic E-state index is 11.6. The van der Waals surface area contributed by atoms with E-state index in [9.17, 15) is 14.7 Å². The lowest BCUT2D eigenvalue weighted by Gasteiger charge is -2.09. The minimum absolute atomic E-state index is 0.137. The Morgan fingerprint density at radius 3 is 2.24 bits per heavy atom. The number of unbranched alkanes of at least 4 members (excludes halogenated alkanes) is 6. The molecule has 0 aliphatic carbocycles. The highest BCUT2D eigenvalue weighted by Crippen LogP contribution is 2.12. The highest BCUT2D eigenvalue weighted by molar-refractivity contribution is 8.13. The summed E-state index contributed by atoms with van der Waals surface area (Å²) < 4.78 is 4.96. The summed E-state index contributed by atoms with van der Waals surface area (Å²) >= 11 is 1.20. The highest BCUT2D eigenvalue weighted by Gasteiger charge is 2.20. The maximum absolute atomic E-state index is 11.6. The van der Waals surface area contributed by atoms with Crippen LogP contribution in [0.4, 0.5) is 0 Å². The molecule has 0 heterocycles. The highest BCUT2D eigenvalue weighted by atomic mass is 32.2. The molecular weight excluding hydrogens is 288 g/mol. The summed E-state index contributed by atoms with van der Waals surface area (Å²) in [5.41, 5.74) is 0. The van der Waals surface area contributed by atoms with E-state index in [1.807, 2.05) is 0 Å². The fourth-order valence-corrected chi connectivity index (χ4v) is 2.66. The van der Waals surface area contributed by atoms with Gasteiger partial charge in [0.1, 0.15) is 0 Å². The van der Waals surface area contributed by atoms with Crippen molar-refractivity contribution in [2.45, 2.75) is 77.7 Å². The summed E-state index contributed by atoms with van der Waals surface area (Å²) in [6, 6.07) is 0. The molecule has 0 aliphatic heterocycles. The van der Waals surface area contributed by atoms with E-state index >= 15 is 0 Å². The summed E-state index contributed by atoms with van der Waals surface area (Å²) in [6.45, 7) is 4.58. The molecule has 0 aromatic heterocycles. The first kappa shape index (κ1) is 20.5. The van der Waals surface area contributed by atoms with Crippen molar-refractivity contribution < 1.29 is 19.4 Å². The summed E-state index contributed by atoms with van der Waals surface area (Å²) in [4.78, 5) is 23.1. The van der Waals surface area contributed by atoms with Gasteiger partial charge in [-0.3, -0.25) is 4.79 Å². The van der Waals surface area contributed by atoms with Crippen LogP contribution in [0.25, 0.3) is 0 Å². The largest absolute Gasteiger partial charge is 0.464 e. The van der Waals surface area contributed by atoms with Crippen molar-refractivity contribution in [3.63, 3.8) is 0 Å². The molecule has 1 N–H and O–H groups in total. The quantitative estimate of drug-likeness (QED) is 0.414. The van der Waals surface area contributed by atoms with E-state index in [1.54, 1.807) is 0 Å². The van der Waals surface area contributed by atoms with E-state index in [2.05, 4.69) is 13.8 Å². The second kappa shape index (κ2) is 14.4. The molecule has 0 spiro atoms. The van der Waals surface area contributed by atoms with Crippen molar-refractivity contribution in [2.24, 2.45) is 0 Å². The summed E-state index contributed by atoms with van der Waals surface area (Å²) in [5.74, 6) is 0.0869. The molecule has 0 amide bonds. The molecule has 0 saturated carbocycles. The van der Waals surface area contributed by atoms with Crippen LogP contribution < -0.4 is 0 Å². The van der Waals surface area contributed by atoms with Gasteiger partial charge in [-0.1, -0.05) is 64.1 Å². The lowest BCUT2D eigenvalue weighted by Crippen LogP contribution is -2.25. The monoisotopic (exact) mass is 318 g/mol. The van der Waals surface area contributed by atoms with Crippen LogP contribution in [0.15, 0.2) is 0 Å². The molecule has 0 fully saturated rings. The smallest absolute Gasteiger partial charge is 0.335 e. The van der Waals surface area contributed by atoms with Crippen LogP contribution >= 0.6 is 11.8 Å². The third-order valence-corrected chi connectivity index (χ3v) is 4.12. The molecule has 1 atom stereocenters. The maximum Gasteiger partial charge on any atom is 0.335 e. The average Bonchev–Trinajstić information content (AvgIpc) is 2.46. The fourth-order valence-electron chi connectivity index (χ4n) is 1.81. The van der Waals surface area contributed by atoms with Crippen LogP contribution in [-0.4, -0.2) is 34.7 Å². The number of aliphatic hydroxyl groups excluding tert-OH is 1. The molecule has 0 aromatic carbocycles. The Hall–Kier alpha value is -0.550. The van der Waals surface area contributed by atoms with Gasteiger partial charge in [-0.15, -0.1) is 0 Å². The van der Waals surface area contributed by atoms with Crippen LogP contribution in [0, 0.1) is 0 Å². The second-order valence-corrected chi connectivity index (χ2v) is 6.38. The first-order valence-corrected chi connectivity index (χ1v) is 9.10. The minimum atomic E-state index is -1.31. The molecule has 0 aromatic rings. The zero-order chi connectivity index (χ0) is 15.9. The Morgan fingerprint density at radius 1 is 1.00 bits per heavy atom. The number of rotatable bonds is 13. The number of hydrogen-bond donors (Lipinski definition) is 1. The number of esters is 1. The van der Waals surface area contributed by atoms with Crippen LogP contribution in [0.3, 0.4) is 0 Å². The number of aliphatic hydroxyl groups is 1. The number of hydrogen-bond acceptors (Lipinski definition) is 5. The van der Waals surface area contributed by atoms with Crippen LogP contribution in [0.2, 0.25) is 0 Å². The van der Waals surface area contributed by atoms with E-state index < -0.39 is 12.1 Å². The van der Waals surface area contributed by atoms with Gasteiger partial charge < -0.3 is 9.84 Å². The van der Waals surface area contributed by atoms with Gasteiger partial charge in [0.15, 0.2) is 11.2 Å². The second-order valence-electron chi connectivity index (χ2n) is 5.23. The predicted octanol–water partition coefficient (Wildman–Crippen LogP) is 3.70. The molecular formula is C16H30O4S. The van der Waals surface area contributed by atoms with Gasteiger partial charge in [-0.25, -0.2) is 4.79 Å². The Kier molecular flexibility index (Phi) is 14.0. The van der Waals surface area contributed by atoms with E-state index in [1.165, 1.54) is 24.6 Å². The average molecular weight is 318 g/mol. The lowest BCUT2D eigenvalue weighted by atomic mass is 10.2. The van der Waals surface area contributed by atoms with Gasteiger partial charge in [0.05, 0.1) is 13.0 Å². The van der Waals surface area contributed by atoms with Crippen molar-refractivity contribution in [3.8, 4) is 0 Å². The third-order valence-electron chi connectivity index (χ3n) is 3.14. The van der Waals surface area contributed by atoms with E-state index in [0.717, 1.165) is 44.3 Å². The van der Waals surface area contributed by atoms with E-state index in [-0.39, 0.29) is 11.5 Å². The number of carbonyl (C=O) groups excluding carboxylic acids is 2. The molecule has 0 aliphatic rings. The summed E-state index contributed by atoms with van der Waals surface area (Å²) in [7, 11) is 0. The molecule has 21 heavy (non-hydrogen) atoms. The Labute approximate surface area is 133 Å². The molecule has 124 valence electrons. The molecule has 1 unspecified atom stereocenters. The topological polar surface area (TPSA) is 63.6 Å². The van der Waals surface area contributed by atoms with Crippen molar-refractivity contribution in [1.29, 1.82) is 0 Å². The minimum Gasteiger partial charge on any atom is -0.464 e. The SMILES string of the molecule is CCCCCCOC(=O)C(O)CC(=O)SCCCCCC. The van der Waals surface area contributed by atoms with Crippen molar-refractivity contribution in [2.75, 3.05) is 12.4 Å². The third kappa shape index (κ3) is 12.9. The molecule has 0 bridgehead atoms. The van der Waals surface area contributed by atoms with Crippen LogP contribution in [0.5, 0.6) is 0 Å². The molecule has 0 radical (unpaired) electrons. The van der Waals surface area contributed by atoms with Crippen LogP contribution in [-0.2, 0) is 14.3 Å². The van der Waals surface area contributed by atoms with Gasteiger partial charge in [-0.05, 0) is 12.8 Å².